The third kappa shape index (κ3) is 4.64. The van der Waals surface area contributed by atoms with Crippen LogP contribution in [0.5, 0.6) is 0 Å². The minimum Gasteiger partial charge on any atom is -0.461 e. The van der Waals surface area contributed by atoms with E-state index in [1.54, 1.807) is 19.1 Å². The zero-order chi connectivity index (χ0) is 16.8. The van der Waals surface area contributed by atoms with Crippen LogP contribution < -0.4 is 5.32 Å². The maximum atomic E-state index is 12.9. The molecule has 0 aliphatic carbocycles. The number of anilines is 1. The number of H-pyrrole nitrogens is 1. The van der Waals surface area contributed by atoms with Gasteiger partial charge in [-0.3, -0.25) is 9.89 Å². The van der Waals surface area contributed by atoms with Crippen molar-refractivity contribution in [3.8, 4) is 0 Å². The first-order chi connectivity index (χ1) is 11.0. The summed E-state index contributed by atoms with van der Waals surface area (Å²) in [6.07, 6.45) is 0.216. The molecule has 1 aromatic heterocycles. The van der Waals surface area contributed by atoms with Crippen LogP contribution in [0.25, 0.3) is 0 Å². The van der Waals surface area contributed by atoms with Gasteiger partial charge in [0.15, 0.2) is 5.82 Å². The second-order valence-corrected chi connectivity index (χ2v) is 5.09. The standard InChI is InChI=1S/C16H18FN3O3/c1-3-23-16(22)13-9-14(20-19-13)18-15(21)8-10(2)11-4-6-12(17)7-5-11/h4-7,9-10H,3,8H2,1-2H3,(H2,18,19,20,21). The minimum absolute atomic E-state index is 0.0703. The summed E-state index contributed by atoms with van der Waals surface area (Å²) in [5.74, 6) is -0.902. The normalized spacial score (nSPS) is 11.8. The van der Waals surface area contributed by atoms with E-state index in [0.29, 0.717) is 0 Å². The Labute approximate surface area is 133 Å². The molecule has 0 saturated heterocycles. The van der Waals surface area contributed by atoms with Gasteiger partial charge in [0.2, 0.25) is 5.91 Å². The number of hydrogen-bond donors (Lipinski definition) is 2. The highest BCUT2D eigenvalue weighted by Crippen LogP contribution is 2.20. The molecule has 2 N–H and O–H groups in total. The molecule has 1 unspecified atom stereocenters. The summed E-state index contributed by atoms with van der Waals surface area (Å²) in [6.45, 7) is 3.84. The zero-order valence-corrected chi connectivity index (χ0v) is 12.9. The van der Waals surface area contributed by atoms with Crippen LogP contribution in [0.3, 0.4) is 0 Å². The van der Waals surface area contributed by atoms with Crippen LogP contribution in [0.15, 0.2) is 30.3 Å². The Hall–Kier alpha value is -2.70. The zero-order valence-electron chi connectivity index (χ0n) is 12.9. The lowest BCUT2D eigenvalue weighted by molar-refractivity contribution is -0.116. The summed E-state index contributed by atoms with van der Waals surface area (Å²) < 4.78 is 17.7. The molecule has 0 bridgehead atoms. The molecule has 1 amide bonds. The van der Waals surface area contributed by atoms with E-state index < -0.39 is 5.97 Å². The first-order valence-corrected chi connectivity index (χ1v) is 7.27. The van der Waals surface area contributed by atoms with Gasteiger partial charge >= 0.3 is 5.97 Å². The van der Waals surface area contributed by atoms with Gasteiger partial charge in [-0.25, -0.2) is 9.18 Å². The number of rotatable bonds is 6. The average molecular weight is 319 g/mol. The number of ether oxygens (including phenoxy) is 1. The lowest BCUT2D eigenvalue weighted by Crippen LogP contribution is -2.14. The van der Waals surface area contributed by atoms with Crippen LogP contribution in [0, 0.1) is 5.82 Å². The number of halogens is 1. The van der Waals surface area contributed by atoms with Crippen molar-refractivity contribution in [2.75, 3.05) is 11.9 Å². The molecule has 23 heavy (non-hydrogen) atoms. The first-order valence-electron chi connectivity index (χ1n) is 7.27. The van der Waals surface area contributed by atoms with Crippen molar-refractivity contribution >= 4 is 17.7 Å². The first kappa shape index (κ1) is 16.7. The Morgan fingerprint density at radius 3 is 2.70 bits per heavy atom. The highest BCUT2D eigenvalue weighted by atomic mass is 19.1. The number of benzene rings is 1. The lowest BCUT2D eigenvalue weighted by Gasteiger charge is -2.11. The second-order valence-electron chi connectivity index (χ2n) is 5.09. The number of carbonyl (C=O) groups is 2. The molecule has 0 radical (unpaired) electrons. The Kier molecular flexibility index (Phi) is 5.46. The molecule has 2 aromatic rings. The lowest BCUT2D eigenvalue weighted by atomic mass is 9.97. The molecule has 2 rings (SSSR count). The van der Waals surface area contributed by atoms with Gasteiger partial charge in [-0.1, -0.05) is 19.1 Å². The predicted octanol–water partition coefficient (Wildman–Crippen LogP) is 2.86. The van der Waals surface area contributed by atoms with Crippen molar-refractivity contribution in [2.45, 2.75) is 26.2 Å². The molecule has 0 fully saturated rings. The Balaban J connectivity index is 1.91. The van der Waals surface area contributed by atoms with Gasteiger partial charge in [-0.2, -0.15) is 5.10 Å². The average Bonchev–Trinajstić information content (AvgIpc) is 2.96. The number of nitrogens with one attached hydrogen (secondary N) is 2. The molecule has 0 saturated carbocycles. The van der Waals surface area contributed by atoms with Crippen molar-refractivity contribution in [1.82, 2.24) is 10.2 Å². The highest BCUT2D eigenvalue weighted by molar-refractivity contribution is 5.93. The highest BCUT2D eigenvalue weighted by Gasteiger charge is 2.15. The van der Waals surface area contributed by atoms with Crippen molar-refractivity contribution in [3.63, 3.8) is 0 Å². The van der Waals surface area contributed by atoms with E-state index in [2.05, 4.69) is 15.5 Å². The van der Waals surface area contributed by atoms with E-state index in [4.69, 9.17) is 4.74 Å². The quantitative estimate of drug-likeness (QED) is 0.802. The summed E-state index contributed by atoms with van der Waals surface area (Å²) in [5.41, 5.74) is 1.05. The van der Waals surface area contributed by atoms with Gasteiger partial charge in [0.1, 0.15) is 11.5 Å². The van der Waals surface area contributed by atoms with Crippen LogP contribution in [0.2, 0.25) is 0 Å². The maximum Gasteiger partial charge on any atom is 0.356 e. The van der Waals surface area contributed by atoms with Crippen LogP contribution in [0.4, 0.5) is 10.2 Å². The third-order valence-electron chi connectivity index (χ3n) is 3.27. The number of aromatic amines is 1. The number of esters is 1. The van der Waals surface area contributed by atoms with Crippen molar-refractivity contribution < 1.29 is 18.7 Å². The fourth-order valence-electron chi connectivity index (χ4n) is 2.08. The third-order valence-corrected chi connectivity index (χ3v) is 3.27. The van der Waals surface area contributed by atoms with E-state index in [1.165, 1.54) is 18.2 Å². The topological polar surface area (TPSA) is 84.1 Å². The molecular formula is C16H18FN3O3. The summed E-state index contributed by atoms with van der Waals surface area (Å²) in [4.78, 5) is 23.5. The number of nitrogens with zero attached hydrogens (tertiary/aromatic N) is 1. The van der Waals surface area contributed by atoms with Crippen molar-refractivity contribution in [3.05, 3.63) is 47.4 Å². The summed E-state index contributed by atoms with van der Waals surface area (Å²) in [7, 11) is 0. The minimum atomic E-state index is -0.528. The molecule has 1 aromatic carbocycles. The van der Waals surface area contributed by atoms with Gasteiger partial charge < -0.3 is 10.1 Å². The molecule has 7 heteroatoms. The summed E-state index contributed by atoms with van der Waals surface area (Å²) in [6, 6.07) is 7.45. The Morgan fingerprint density at radius 1 is 1.35 bits per heavy atom. The molecule has 6 nitrogen and oxygen atoms in total. The van der Waals surface area contributed by atoms with Crippen molar-refractivity contribution in [2.24, 2.45) is 0 Å². The van der Waals surface area contributed by atoms with Crippen LogP contribution in [-0.4, -0.2) is 28.7 Å². The number of carbonyl (C=O) groups excluding carboxylic acids is 2. The molecule has 122 valence electrons. The monoisotopic (exact) mass is 319 g/mol. The summed E-state index contributed by atoms with van der Waals surface area (Å²) in [5, 5.41) is 8.96. The van der Waals surface area contributed by atoms with Gasteiger partial charge in [0.05, 0.1) is 6.61 Å². The van der Waals surface area contributed by atoms with E-state index in [0.717, 1.165) is 5.56 Å². The van der Waals surface area contributed by atoms with E-state index in [-0.39, 0.29) is 42.2 Å². The number of aromatic nitrogens is 2. The van der Waals surface area contributed by atoms with Crippen molar-refractivity contribution in [1.29, 1.82) is 0 Å². The largest absolute Gasteiger partial charge is 0.461 e. The van der Waals surface area contributed by atoms with Gasteiger partial charge in [-0.05, 0) is 30.5 Å². The van der Waals surface area contributed by atoms with E-state index >= 15 is 0 Å². The Morgan fingerprint density at radius 2 is 2.04 bits per heavy atom. The van der Waals surface area contributed by atoms with Crippen LogP contribution >= 0.6 is 0 Å². The second kappa shape index (κ2) is 7.53. The van der Waals surface area contributed by atoms with Gasteiger partial charge in [0, 0.05) is 12.5 Å². The predicted molar refractivity (Wildman–Crippen MR) is 82.6 cm³/mol. The molecular weight excluding hydrogens is 301 g/mol. The summed E-state index contributed by atoms with van der Waals surface area (Å²) >= 11 is 0. The van der Waals surface area contributed by atoms with E-state index in [9.17, 15) is 14.0 Å². The fourth-order valence-corrected chi connectivity index (χ4v) is 2.08. The van der Waals surface area contributed by atoms with Gasteiger partial charge in [-0.15, -0.1) is 0 Å². The molecule has 1 atom stereocenters. The maximum absolute atomic E-state index is 12.9. The Bertz CT molecular complexity index is 682. The number of hydrogen-bond acceptors (Lipinski definition) is 4. The SMILES string of the molecule is CCOC(=O)c1cc(NC(=O)CC(C)c2ccc(F)cc2)n[nH]1. The van der Waals surface area contributed by atoms with Crippen LogP contribution in [-0.2, 0) is 9.53 Å². The fraction of sp³-hybridized carbons (Fsp3) is 0.312. The molecule has 0 aliphatic heterocycles. The van der Waals surface area contributed by atoms with Crippen LogP contribution in [0.1, 0.15) is 42.2 Å². The smallest absolute Gasteiger partial charge is 0.356 e. The molecule has 1 heterocycles. The van der Waals surface area contributed by atoms with E-state index in [1.807, 2.05) is 6.92 Å². The molecule has 0 spiro atoms. The molecule has 0 aliphatic rings. The number of amides is 1. The van der Waals surface area contributed by atoms with Gasteiger partial charge in [0.25, 0.3) is 0 Å².